The van der Waals surface area contributed by atoms with E-state index in [0.717, 1.165) is 10.9 Å². The van der Waals surface area contributed by atoms with Crippen LogP contribution in [0.15, 0.2) is 59.5 Å². The Morgan fingerprint density at radius 1 is 0.619 bits per heavy atom. The zero-order valence-corrected chi connectivity index (χ0v) is 28.8. The summed E-state index contributed by atoms with van der Waals surface area (Å²) in [6, 6.07) is 16.4. The molecule has 2 aromatic carbocycles. The van der Waals surface area contributed by atoms with Crippen LogP contribution < -0.4 is 0 Å². The van der Waals surface area contributed by atoms with Crippen molar-refractivity contribution in [3.8, 4) is 0 Å². The first-order valence-corrected chi connectivity index (χ1v) is 18.4. The van der Waals surface area contributed by atoms with E-state index in [0.29, 0.717) is 0 Å². The molecule has 0 atom stereocenters. The standard InChI is InChI=1S/C31H58N.C6H6O3S/c1-7-11-12-13-14-15-16-17-18-19-20-21-22-25-28-32(5,6)31(9-3,10-4)30-27-24-23-26-29(30)8-2;7-10(8,9)6-4-2-1-3-5-6/h23-24,26-27H,7-22,25,28H2,1-6H3;1-5H,(H,7,8,9)/q+1;/p-1. The maximum absolute atomic E-state index is 10.3. The lowest BCUT2D eigenvalue weighted by atomic mass is 9.78. The van der Waals surface area contributed by atoms with Crippen molar-refractivity contribution in [3.63, 3.8) is 0 Å². The number of benzene rings is 2. The van der Waals surface area contributed by atoms with Gasteiger partial charge in [0.25, 0.3) is 0 Å². The van der Waals surface area contributed by atoms with Crippen LogP contribution in [-0.4, -0.2) is 38.1 Å². The van der Waals surface area contributed by atoms with Crippen molar-refractivity contribution < 1.29 is 17.5 Å². The molecule has 0 heterocycles. The molecule has 0 aliphatic carbocycles. The largest absolute Gasteiger partial charge is 0.744 e. The summed E-state index contributed by atoms with van der Waals surface area (Å²) in [6.07, 6.45) is 23.7. The van der Waals surface area contributed by atoms with Gasteiger partial charge in [0.15, 0.2) is 0 Å². The number of nitrogens with zero attached hydrogens (tertiary/aromatic N) is 1. The molecule has 4 nitrogen and oxygen atoms in total. The molecule has 0 aliphatic rings. The molecule has 2 rings (SSSR count). The van der Waals surface area contributed by atoms with Gasteiger partial charge in [0.05, 0.1) is 25.5 Å². The first-order chi connectivity index (χ1) is 20.1. The van der Waals surface area contributed by atoms with Crippen LogP contribution in [0.1, 0.15) is 142 Å². The van der Waals surface area contributed by atoms with E-state index in [9.17, 15) is 13.0 Å². The number of quaternary nitrogens is 1. The molecule has 0 spiro atoms. The Hall–Kier alpha value is -1.69. The Morgan fingerprint density at radius 3 is 1.45 bits per heavy atom. The maximum Gasteiger partial charge on any atom is 0.124 e. The number of hydrogen-bond acceptors (Lipinski definition) is 3. The molecular formula is C37H63NO3S. The van der Waals surface area contributed by atoms with Gasteiger partial charge in [-0.25, -0.2) is 8.42 Å². The fourth-order valence-electron chi connectivity index (χ4n) is 6.60. The molecule has 0 N–H and O–H groups in total. The van der Waals surface area contributed by atoms with E-state index in [1.165, 1.54) is 134 Å². The summed E-state index contributed by atoms with van der Waals surface area (Å²) in [5.74, 6) is 0. The summed E-state index contributed by atoms with van der Waals surface area (Å²) in [4.78, 5) is -0.185. The maximum atomic E-state index is 10.3. The van der Waals surface area contributed by atoms with Crippen molar-refractivity contribution in [2.45, 2.75) is 147 Å². The third-order valence-electron chi connectivity index (χ3n) is 9.33. The monoisotopic (exact) mass is 601 g/mol. The zero-order chi connectivity index (χ0) is 31.3. The smallest absolute Gasteiger partial charge is 0.124 e. The lowest BCUT2D eigenvalue weighted by Gasteiger charge is -2.49. The average Bonchev–Trinajstić information content (AvgIpc) is 2.98. The van der Waals surface area contributed by atoms with Gasteiger partial charge in [0, 0.05) is 18.4 Å². The Labute approximate surface area is 260 Å². The van der Waals surface area contributed by atoms with Crippen molar-refractivity contribution in [3.05, 3.63) is 65.7 Å². The second-order valence-corrected chi connectivity index (χ2v) is 13.9. The Balaban J connectivity index is 0.000000738. The normalized spacial score (nSPS) is 12.2. The fraction of sp³-hybridized carbons (Fsp3) is 0.676. The minimum atomic E-state index is -4.25. The lowest BCUT2D eigenvalue weighted by molar-refractivity contribution is -0.951. The molecule has 0 fully saturated rings. The summed E-state index contributed by atoms with van der Waals surface area (Å²) in [5.41, 5.74) is 3.38. The molecule has 0 aliphatic heterocycles. The van der Waals surface area contributed by atoms with Gasteiger partial charge in [0.2, 0.25) is 0 Å². The van der Waals surface area contributed by atoms with Crippen molar-refractivity contribution in [1.82, 2.24) is 0 Å². The third kappa shape index (κ3) is 13.3. The molecule has 5 heteroatoms. The van der Waals surface area contributed by atoms with Gasteiger partial charge in [-0.3, -0.25) is 0 Å². The quantitative estimate of drug-likeness (QED) is 0.0812. The van der Waals surface area contributed by atoms with Crippen molar-refractivity contribution in [1.29, 1.82) is 0 Å². The number of aryl methyl sites for hydroxylation is 1. The first kappa shape index (κ1) is 38.3. The average molecular weight is 602 g/mol. The molecule has 2 aromatic rings. The minimum absolute atomic E-state index is 0.185. The van der Waals surface area contributed by atoms with E-state index in [4.69, 9.17) is 0 Å². The summed E-state index contributed by atoms with van der Waals surface area (Å²) < 4.78 is 32.0. The highest BCUT2D eigenvalue weighted by atomic mass is 32.2. The molecule has 0 saturated carbocycles. The molecule has 240 valence electrons. The van der Waals surface area contributed by atoms with Crippen LogP contribution in [0.3, 0.4) is 0 Å². The molecule has 0 aromatic heterocycles. The summed E-state index contributed by atoms with van der Waals surface area (Å²) in [5, 5.41) is 0. The van der Waals surface area contributed by atoms with Crippen molar-refractivity contribution in [2.75, 3.05) is 20.6 Å². The summed E-state index contributed by atoms with van der Waals surface area (Å²) in [6.45, 7) is 10.7. The van der Waals surface area contributed by atoms with E-state index >= 15 is 0 Å². The number of unbranched alkanes of at least 4 members (excludes halogenated alkanes) is 13. The van der Waals surface area contributed by atoms with Gasteiger partial charge >= 0.3 is 0 Å². The van der Waals surface area contributed by atoms with E-state index < -0.39 is 10.1 Å². The number of rotatable bonds is 21. The molecule has 0 bridgehead atoms. The minimum Gasteiger partial charge on any atom is -0.744 e. The van der Waals surface area contributed by atoms with Gasteiger partial charge < -0.3 is 9.04 Å². The third-order valence-corrected chi connectivity index (χ3v) is 10.2. The number of hydrogen-bond donors (Lipinski definition) is 0. The van der Waals surface area contributed by atoms with Crippen LogP contribution in [0.4, 0.5) is 0 Å². The molecule has 0 saturated heterocycles. The highest BCUT2D eigenvalue weighted by molar-refractivity contribution is 7.85. The fourth-order valence-corrected chi connectivity index (χ4v) is 7.09. The summed E-state index contributed by atoms with van der Waals surface area (Å²) >= 11 is 0. The predicted octanol–water partition coefficient (Wildman–Crippen LogP) is 10.4. The molecule has 0 amide bonds. The van der Waals surface area contributed by atoms with Crippen LogP contribution in [-0.2, 0) is 22.1 Å². The predicted molar refractivity (Wildman–Crippen MR) is 180 cm³/mol. The lowest BCUT2D eigenvalue weighted by Crippen LogP contribution is -2.57. The van der Waals surface area contributed by atoms with Crippen LogP contribution in [0.2, 0.25) is 0 Å². The molecule has 0 radical (unpaired) electrons. The van der Waals surface area contributed by atoms with Gasteiger partial charge in [-0.2, -0.15) is 0 Å². The van der Waals surface area contributed by atoms with Crippen LogP contribution >= 0.6 is 0 Å². The van der Waals surface area contributed by atoms with E-state index in [1.807, 2.05) is 0 Å². The van der Waals surface area contributed by atoms with Crippen LogP contribution in [0.5, 0.6) is 0 Å². The highest BCUT2D eigenvalue weighted by Gasteiger charge is 2.44. The van der Waals surface area contributed by atoms with Crippen LogP contribution in [0.25, 0.3) is 0 Å². The highest BCUT2D eigenvalue weighted by Crippen LogP contribution is 2.41. The van der Waals surface area contributed by atoms with Gasteiger partial charge in [-0.15, -0.1) is 0 Å². The Morgan fingerprint density at radius 2 is 1.05 bits per heavy atom. The van der Waals surface area contributed by atoms with E-state index in [-0.39, 0.29) is 10.4 Å². The zero-order valence-electron chi connectivity index (χ0n) is 28.0. The first-order valence-electron chi connectivity index (χ1n) is 17.0. The van der Waals surface area contributed by atoms with Crippen molar-refractivity contribution in [2.24, 2.45) is 0 Å². The van der Waals surface area contributed by atoms with E-state index in [2.05, 4.69) is 66.1 Å². The topological polar surface area (TPSA) is 57.2 Å². The van der Waals surface area contributed by atoms with Crippen molar-refractivity contribution >= 4 is 10.1 Å². The molecular weight excluding hydrogens is 538 g/mol. The molecule has 0 unspecified atom stereocenters. The second-order valence-electron chi connectivity index (χ2n) is 12.5. The SMILES string of the molecule is CCCCCCCCCCCCCCCC[N+](C)(C)C(CC)(CC)c1ccccc1CC.O=S(=O)([O-])c1ccccc1. The Bertz CT molecular complexity index is 1050. The van der Waals surface area contributed by atoms with Gasteiger partial charge in [0.1, 0.15) is 15.7 Å². The van der Waals surface area contributed by atoms with Crippen LogP contribution in [0, 0.1) is 0 Å². The van der Waals surface area contributed by atoms with Gasteiger partial charge in [-0.05, 0) is 37.0 Å². The Kier molecular flexibility index (Phi) is 19.2. The second kappa shape index (κ2) is 21.1. The summed E-state index contributed by atoms with van der Waals surface area (Å²) in [7, 11) is 0.723. The van der Waals surface area contributed by atoms with E-state index in [1.54, 1.807) is 17.2 Å². The molecule has 42 heavy (non-hydrogen) atoms. The van der Waals surface area contributed by atoms with Gasteiger partial charge in [-0.1, -0.05) is 147 Å².